The molecule has 0 saturated heterocycles. The maximum absolute atomic E-state index is 11.8. The Hall–Kier alpha value is -3.35. The molecule has 4 rings (SSSR count). The van der Waals surface area contributed by atoms with Gasteiger partial charge in [0.05, 0.1) is 17.4 Å². The minimum absolute atomic E-state index is 0.0293. The van der Waals surface area contributed by atoms with E-state index in [4.69, 9.17) is 9.26 Å². The maximum atomic E-state index is 11.8. The summed E-state index contributed by atoms with van der Waals surface area (Å²) in [6.45, 7) is 3.83. The molecule has 1 amide bonds. The number of hydrogen-bond acceptors (Lipinski definition) is 8. The van der Waals surface area contributed by atoms with Gasteiger partial charge in [-0.1, -0.05) is 35.3 Å². The van der Waals surface area contributed by atoms with Crippen molar-refractivity contribution in [3.8, 4) is 34.7 Å². The number of amides is 1. The van der Waals surface area contributed by atoms with Crippen LogP contribution in [-0.2, 0) is 11.2 Å². The van der Waals surface area contributed by atoms with E-state index in [1.807, 2.05) is 32.0 Å². The first-order chi connectivity index (χ1) is 16.4. The lowest BCUT2D eigenvalue weighted by molar-refractivity contribution is -0.125. The van der Waals surface area contributed by atoms with E-state index in [0.717, 1.165) is 18.4 Å². The highest BCUT2D eigenvalue weighted by Gasteiger charge is 2.27. The molecule has 176 valence electrons. The zero-order valence-electron chi connectivity index (χ0n) is 19.7. The van der Waals surface area contributed by atoms with Crippen LogP contribution in [0.15, 0.2) is 40.9 Å². The summed E-state index contributed by atoms with van der Waals surface area (Å²) in [5.74, 6) is 1.87. The summed E-state index contributed by atoms with van der Waals surface area (Å²) in [4.78, 5) is 18.1. The Kier molecular flexibility index (Phi) is 7.20. The van der Waals surface area contributed by atoms with Crippen LogP contribution in [0.2, 0.25) is 0 Å². The van der Waals surface area contributed by atoms with Gasteiger partial charge in [0.25, 0.3) is 5.89 Å². The summed E-state index contributed by atoms with van der Waals surface area (Å²) in [5, 5.41) is 13.7. The monoisotopic (exact) mass is 477 g/mol. The Morgan fingerprint density at radius 2 is 2.18 bits per heavy atom. The van der Waals surface area contributed by atoms with Crippen molar-refractivity contribution < 1.29 is 14.1 Å². The number of nitriles is 1. The van der Waals surface area contributed by atoms with Crippen molar-refractivity contribution in [1.82, 2.24) is 19.8 Å². The molecule has 1 aromatic heterocycles. The Morgan fingerprint density at radius 1 is 1.35 bits per heavy atom. The minimum atomic E-state index is -0.0293. The molecule has 1 heterocycles. The fourth-order valence-corrected chi connectivity index (χ4v) is 4.79. The molecule has 1 unspecified atom stereocenters. The van der Waals surface area contributed by atoms with E-state index in [0.29, 0.717) is 34.3 Å². The number of hydrogen-bond donors (Lipinski definition) is 1. The summed E-state index contributed by atoms with van der Waals surface area (Å²) >= 11 is 1.43. The lowest BCUT2D eigenvalue weighted by atomic mass is 10.0. The smallest absolute Gasteiger partial charge is 0.258 e. The Morgan fingerprint density at radius 3 is 2.91 bits per heavy atom. The van der Waals surface area contributed by atoms with Gasteiger partial charge in [-0.3, -0.25) is 9.52 Å². The van der Waals surface area contributed by atoms with Crippen LogP contribution in [0, 0.1) is 11.3 Å². The van der Waals surface area contributed by atoms with Crippen LogP contribution in [0.25, 0.3) is 22.8 Å². The van der Waals surface area contributed by atoms with Gasteiger partial charge in [-0.2, -0.15) is 10.2 Å². The number of nitrogens with zero attached hydrogens (tertiary/aromatic N) is 4. The van der Waals surface area contributed by atoms with Crippen LogP contribution in [0.1, 0.15) is 43.0 Å². The van der Waals surface area contributed by atoms with E-state index in [1.54, 1.807) is 31.1 Å². The van der Waals surface area contributed by atoms with Gasteiger partial charge in [0.1, 0.15) is 11.8 Å². The molecule has 1 aliphatic carbocycles. The van der Waals surface area contributed by atoms with Gasteiger partial charge in [-0.15, -0.1) is 0 Å². The lowest BCUT2D eigenvalue weighted by Crippen LogP contribution is -2.25. The molecule has 0 aliphatic heterocycles. The van der Waals surface area contributed by atoms with Crippen molar-refractivity contribution in [1.29, 1.82) is 5.26 Å². The molecule has 8 nitrogen and oxygen atoms in total. The summed E-state index contributed by atoms with van der Waals surface area (Å²) in [5.41, 5.74) is 4.40. The number of fused-ring (bicyclic) bond motifs is 1. The van der Waals surface area contributed by atoms with Gasteiger partial charge in [0.2, 0.25) is 11.7 Å². The predicted molar refractivity (Wildman–Crippen MR) is 131 cm³/mol. The molecule has 9 heteroatoms. The molecule has 0 spiro atoms. The van der Waals surface area contributed by atoms with Crippen molar-refractivity contribution in [2.45, 2.75) is 38.8 Å². The van der Waals surface area contributed by atoms with Gasteiger partial charge in [0, 0.05) is 31.3 Å². The first kappa shape index (κ1) is 23.8. The van der Waals surface area contributed by atoms with Gasteiger partial charge in [-0.25, -0.2) is 0 Å². The van der Waals surface area contributed by atoms with Crippen LogP contribution in [0.3, 0.4) is 0 Å². The van der Waals surface area contributed by atoms with E-state index >= 15 is 0 Å². The Balaban J connectivity index is 1.53. The average molecular weight is 478 g/mol. The molecule has 0 radical (unpaired) electrons. The van der Waals surface area contributed by atoms with Gasteiger partial charge in [0.15, 0.2) is 0 Å². The van der Waals surface area contributed by atoms with Crippen molar-refractivity contribution in [2.75, 3.05) is 19.8 Å². The molecule has 2 aromatic carbocycles. The molecule has 34 heavy (non-hydrogen) atoms. The van der Waals surface area contributed by atoms with Crippen molar-refractivity contribution >= 4 is 17.9 Å². The van der Waals surface area contributed by atoms with Gasteiger partial charge >= 0.3 is 0 Å². The zero-order chi connectivity index (χ0) is 24.2. The maximum Gasteiger partial charge on any atom is 0.258 e. The summed E-state index contributed by atoms with van der Waals surface area (Å²) < 4.78 is 14.7. The molecular formula is C25H27N5O3S. The topological polar surface area (TPSA) is 104 Å². The summed E-state index contributed by atoms with van der Waals surface area (Å²) in [7, 11) is 3.52. The van der Waals surface area contributed by atoms with Crippen LogP contribution in [0.4, 0.5) is 0 Å². The molecule has 1 atom stereocenters. The highest BCUT2D eigenvalue weighted by Crippen LogP contribution is 2.38. The number of ether oxygens (including phenoxy) is 1. The normalized spacial score (nSPS) is 14.6. The molecular weight excluding hydrogens is 450 g/mol. The van der Waals surface area contributed by atoms with E-state index in [-0.39, 0.29) is 18.1 Å². The van der Waals surface area contributed by atoms with Crippen LogP contribution in [0.5, 0.6) is 5.75 Å². The number of benzene rings is 2. The number of carbonyl (C=O) groups excluding carboxylic acids is 1. The Labute approximate surface area is 203 Å². The van der Waals surface area contributed by atoms with Crippen LogP contribution in [-0.4, -0.2) is 46.9 Å². The van der Waals surface area contributed by atoms with Gasteiger partial charge < -0.3 is 14.2 Å². The first-order valence-electron chi connectivity index (χ1n) is 11.1. The Bertz CT molecular complexity index is 1230. The minimum Gasteiger partial charge on any atom is -0.490 e. The summed E-state index contributed by atoms with van der Waals surface area (Å²) in [6, 6.07) is 13.7. The van der Waals surface area contributed by atoms with Crippen molar-refractivity contribution in [3.05, 3.63) is 53.1 Å². The SMILES string of the molecule is CC(C)Oc1ccc(-c2nc(-c3cccc4c3CCC4NSCC(=O)N(C)C)no2)cc1C#N. The second-order valence-corrected chi connectivity index (χ2v) is 9.38. The first-order valence-corrected chi connectivity index (χ1v) is 12.1. The zero-order valence-corrected chi connectivity index (χ0v) is 20.5. The standard InChI is InChI=1S/C25H27N5O3S/c1-15(2)32-22-11-8-16(12-17(22)13-26)25-27-24(28-33-25)20-7-5-6-19-18(20)9-10-21(19)29-34-14-23(31)30(3)4/h5-8,11-12,15,21,29H,9-10,14H2,1-4H3. The molecule has 1 aliphatic rings. The fraction of sp³-hybridized carbons (Fsp3) is 0.360. The average Bonchev–Trinajstić information content (AvgIpc) is 3.46. The largest absolute Gasteiger partial charge is 0.490 e. The fourth-order valence-electron chi connectivity index (χ4n) is 3.88. The van der Waals surface area contributed by atoms with E-state index in [1.165, 1.54) is 23.1 Å². The molecule has 0 bridgehead atoms. The third kappa shape index (κ3) is 5.08. The highest BCUT2D eigenvalue weighted by atomic mass is 32.2. The third-order valence-electron chi connectivity index (χ3n) is 5.57. The molecule has 0 fully saturated rings. The van der Waals surface area contributed by atoms with Crippen molar-refractivity contribution in [2.24, 2.45) is 0 Å². The second kappa shape index (κ2) is 10.3. The predicted octanol–water partition coefficient (Wildman–Crippen LogP) is 4.38. The number of aromatic nitrogens is 2. The lowest BCUT2D eigenvalue weighted by Gasteiger charge is -2.15. The number of nitrogens with one attached hydrogen (secondary N) is 1. The third-order valence-corrected chi connectivity index (χ3v) is 6.41. The van der Waals surface area contributed by atoms with Crippen LogP contribution >= 0.6 is 11.9 Å². The second-order valence-electron chi connectivity index (χ2n) is 8.57. The highest BCUT2D eigenvalue weighted by molar-refractivity contribution is 7.98. The molecule has 0 saturated carbocycles. The van der Waals surface area contributed by atoms with Crippen molar-refractivity contribution in [3.63, 3.8) is 0 Å². The van der Waals surface area contributed by atoms with E-state index in [2.05, 4.69) is 27.0 Å². The number of rotatable bonds is 8. The van der Waals surface area contributed by atoms with Crippen LogP contribution < -0.4 is 9.46 Å². The number of carbonyl (C=O) groups is 1. The summed E-state index contributed by atoms with van der Waals surface area (Å²) in [6.07, 6.45) is 1.79. The quantitative estimate of drug-likeness (QED) is 0.477. The van der Waals surface area contributed by atoms with Gasteiger partial charge in [-0.05, 0) is 56.0 Å². The van der Waals surface area contributed by atoms with E-state index < -0.39 is 0 Å². The van der Waals surface area contributed by atoms with E-state index in [9.17, 15) is 10.1 Å². The molecule has 3 aromatic rings. The molecule has 1 N–H and O–H groups in total.